The van der Waals surface area contributed by atoms with Gasteiger partial charge in [0.05, 0.1) is 18.3 Å². The van der Waals surface area contributed by atoms with Gasteiger partial charge in [0.1, 0.15) is 11.6 Å². The molecule has 2 saturated heterocycles. The monoisotopic (exact) mass is 593 g/mol. The van der Waals surface area contributed by atoms with Crippen LogP contribution >= 0.6 is 24.8 Å². The summed E-state index contributed by atoms with van der Waals surface area (Å²) in [6.45, 7) is 6.07. The molecule has 0 radical (unpaired) electrons. The van der Waals surface area contributed by atoms with Crippen molar-refractivity contribution in [2.75, 3.05) is 19.6 Å². The molecule has 1 aromatic carbocycles. The molecular weight excluding hydrogens is 549 g/mol. The maximum Gasteiger partial charge on any atom is 0.248 e. The lowest BCUT2D eigenvalue weighted by atomic mass is 9.77. The van der Waals surface area contributed by atoms with E-state index in [-0.39, 0.29) is 48.6 Å². The number of aromatic nitrogens is 2. The number of hydrogen-bond acceptors (Lipinski definition) is 5. The molecule has 3 N–H and O–H groups in total. The largest absolute Gasteiger partial charge is 0.390 e. The van der Waals surface area contributed by atoms with Gasteiger partial charge in [0.2, 0.25) is 11.8 Å². The van der Waals surface area contributed by atoms with Gasteiger partial charge in [-0.15, -0.1) is 24.8 Å². The molecule has 3 aliphatic rings. The van der Waals surface area contributed by atoms with Gasteiger partial charge in [-0.1, -0.05) is 62.9 Å². The summed E-state index contributed by atoms with van der Waals surface area (Å²) in [7, 11) is 0. The Morgan fingerprint density at radius 1 is 1.07 bits per heavy atom. The second-order valence-corrected chi connectivity index (χ2v) is 11.5. The van der Waals surface area contributed by atoms with E-state index < -0.39 is 17.7 Å². The topological polar surface area (TPSA) is 102 Å². The predicted octanol–water partition coefficient (Wildman–Crippen LogP) is 4.55. The lowest BCUT2D eigenvalue weighted by Gasteiger charge is -2.53. The Bertz CT molecular complexity index is 1100. The minimum atomic E-state index is -0.863. The Morgan fingerprint density at radius 3 is 2.35 bits per heavy atom. The van der Waals surface area contributed by atoms with Crippen molar-refractivity contribution in [3.05, 3.63) is 53.3 Å². The molecule has 1 saturated carbocycles. The quantitative estimate of drug-likeness (QED) is 0.416. The number of amides is 2. The van der Waals surface area contributed by atoms with Gasteiger partial charge >= 0.3 is 0 Å². The van der Waals surface area contributed by atoms with E-state index >= 15 is 0 Å². The van der Waals surface area contributed by atoms with E-state index in [1.807, 2.05) is 24.1 Å². The van der Waals surface area contributed by atoms with Gasteiger partial charge in [-0.3, -0.25) is 19.6 Å². The molecule has 2 aromatic rings. The van der Waals surface area contributed by atoms with Crippen LogP contribution in [0.2, 0.25) is 0 Å². The standard InChI is InChI=1S/C30H43N5O3.2ClH/c1-3-4-17-35-28(37)25(27(36)23-13-9-6-10-14-23)32-29(38)30(35)15-18-34(19-16-30)26(22-11-7-5-8-12-22)24-20-31-33-21(24)2;;/h5,7-8,11-12,20,23,25-27,36H,3-4,6,9-10,13-19H2,1-2H3,(H,31,33)(H,32,38);2*1H/t25-,26?,27-;;/m1../s1. The van der Waals surface area contributed by atoms with Crippen molar-refractivity contribution >= 4 is 36.6 Å². The normalized spacial score (nSPS) is 23.2. The van der Waals surface area contributed by atoms with Crippen LogP contribution < -0.4 is 5.32 Å². The number of aromatic amines is 1. The fourth-order valence-electron chi connectivity index (χ4n) is 6.97. The molecule has 222 valence electrons. The molecule has 5 rings (SSSR count). The summed E-state index contributed by atoms with van der Waals surface area (Å²) in [6.07, 6.45) is 9.19. The minimum absolute atomic E-state index is 0. The molecular formula is C30H45Cl2N5O3. The van der Waals surface area contributed by atoms with Crippen LogP contribution in [-0.2, 0) is 9.59 Å². The number of rotatable bonds is 8. The average Bonchev–Trinajstić information content (AvgIpc) is 3.37. The van der Waals surface area contributed by atoms with Gasteiger partial charge in [0.25, 0.3) is 0 Å². The zero-order valence-electron chi connectivity index (χ0n) is 23.7. The van der Waals surface area contributed by atoms with Gasteiger partial charge in [0, 0.05) is 30.9 Å². The van der Waals surface area contributed by atoms with Crippen LogP contribution in [0.3, 0.4) is 0 Å². The van der Waals surface area contributed by atoms with E-state index in [0.29, 0.717) is 32.5 Å². The van der Waals surface area contributed by atoms with Crippen molar-refractivity contribution in [3.8, 4) is 0 Å². The lowest BCUT2D eigenvalue weighted by Crippen LogP contribution is -2.75. The summed E-state index contributed by atoms with van der Waals surface area (Å²) in [5.41, 5.74) is 2.50. The predicted molar refractivity (Wildman–Crippen MR) is 161 cm³/mol. The molecule has 3 fully saturated rings. The zero-order chi connectivity index (χ0) is 26.7. The fourth-order valence-corrected chi connectivity index (χ4v) is 6.97. The zero-order valence-corrected chi connectivity index (χ0v) is 25.3. The number of aryl methyl sites for hydroxylation is 1. The van der Waals surface area contributed by atoms with Gasteiger partial charge in [0.15, 0.2) is 0 Å². The molecule has 1 aromatic heterocycles. The first kappa shape index (κ1) is 32.4. The Kier molecular flexibility index (Phi) is 11.5. The minimum Gasteiger partial charge on any atom is -0.390 e. The number of aliphatic hydroxyl groups is 1. The summed E-state index contributed by atoms with van der Waals surface area (Å²) in [6, 6.07) is 9.61. The third-order valence-electron chi connectivity index (χ3n) is 9.24. The van der Waals surface area contributed by atoms with Crippen LogP contribution in [0.15, 0.2) is 36.5 Å². The van der Waals surface area contributed by atoms with Crippen LogP contribution in [0.25, 0.3) is 0 Å². The van der Waals surface area contributed by atoms with Crippen LogP contribution in [0.5, 0.6) is 0 Å². The van der Waals surface area contributed by atoms with E-state index in [9.17, 15) is 14.7 Å². The molecule has 40 heavy (non-hydrogen) atoms. The highest BCUT2D eigenvalue weighted by atomic mass is 35.5. The number of piperazine rings is 1. The van der Waals surface area contributed by atoms with Crippen LogP contribution in [0, 0.1) is 12.8 Å². The second kappa shape index (κ2) is 14.2. The number of aliphatic hydroxyl groups excluding tert-OH is 1. The Morgan fingerprint density at radius 2 is 1.75 bits per heavy atom. The highest BCUT2D eigenvalue weighted by Gasteiger charge is 2.55. The van der Waals surface area contributed by atoms with Gasteiger partial charge in [-0.2, -0.15) is 5.10 Å². The molecule has 0 bridgehead atoms. The summed E-state index contributed by atoms with van der Waals surface area (Å²) in [5, 5.41) is 21.6. The molecule has 3 heterocycles. The van der Waals surface area contributed by atoms with Crippen LogP contribution in [0.4, 0.5) is 0 Å². The summed E-state index contributed by atoms with van der Waals surface area (Å²) in [4.78, 5) is 32.1. The average molecular weight is 595 g/mol. The molecule has 2 amide bonds. The van der Waals surface area contributed by atoms with Crippen molar-refractivity contribution in [1.82, 2.24) is 25.3 Å². The Labute approximate surface area is 250 Å². The van der Waals surface area contributed by atoms with E-state index in [2.05, 4.69) is 51.6 Å². The van der Waals surface area contributed by atoms with Crippen molar-refractivity contribution in [2.24, 2.45) is 5.92 Å². The lowest BCUT2D eigenvalue weighted by molar-refractivity contribution is -0.166. The first-order valence-electron chi connectivity index (χ1n) is 14.6. The maximum absolute atomic E-state index is 13.9. The number of carbonyl (C=O) groups is 2. The van der Waals surface area contributed by atoms with Crippen molar-refractivity contribution in [1.29, 1.82) is 0 Å². The molecule has 2 aliphatic heterocycles. The SMILES string of the molecule is CCCCN1C(=O)[C@@H]([C@H](O)C2CCCCC2)NC(=O)C12CCN(C(c1ccccc1)c1cn[nH]c1C)CC2.Cl.Cl. The number of unbranched alkanes of at least 4 members (excludes halogenated alkanes) is 1. The maximum atomic E-state index is 13.9. The molecule has 1 unspecified atom stereocenters. The van der Waals surface area contributed by atoms with Gasteiger partial charge in [-0.05, 0) is 50.5 Å². The number of likely N-dealkylation sites (tertiary alicyclic amines) is 1. The van der Waals surface area contributed by atoms with Crippen molar-refractivity contribution < 1.29 is 14.7 Å². The van der Waals surface area contributed by atoms with E-state index in [0.717, 1.165) is 49.8 Å². The van der Waals surface area contributed by atoms with Crippen molar-refractivity contribution in [3.63, 3.8) is 0 Å². The highest BCUT2D eigenvalue weighted by molar-refractivity contribution is 6.00. The number of carbonyl (C=O) groups excluding carboxylic acids is 2. The number of piperidine rings is 1. The van der Waals surface area contributed by atoms with E-state index in [4.69, 9.17) is 0 Å². The molecule has 1 aliphatic carbocycles. The first-order chi connectivity index (χ1) is 18.5. The molecule has 3 atom stereocenters. The van der Waals surface area contributed by atoms with E-state index in [1.54, 1.807) is 0 Å². The Hall–Kier alpha value is -2.13. The number of nitrogens with one attached hydrogen (secondary N) is 2. The number of hydrogen-bond donors (Lipinski definition) is 3. The number of H-pyrrole nitrogens is 1. The number of halogens is 2. The number of benzene rings is 1. The van der Waals surface area contributed by atoms with Gasteiger partial charge < -0.3 is 15.3 Å². The smallest absolute Gasteiger partial charge is 0.248 e. The molecule has 8 nitrogen and oxygen atoms in total. The molecule has 10 heteroatoms. The highest BCUT2D eigenvalue weighted by Crippen LogP contribution is 2.40. The van der Waals surface area contributed by atoms with Crippen molar-refractivity contribution in [2.45, 2.75) is 95.4 Å². The first-order valence-corrected chi connectivity index (χ1v) is 14.6. The van der Waals surface area contributed by atoms with Crippen LogP contribution in [-0.4, -0.2) is 74.2 Å². The molecule has 1 spiro atoms. The Balaban J connectivity index is 0.00000220. The fraction of sp³-hybridized carbons (Fsp3) is 0.633. The summed E-state index contributed by atoms with van der Waals surface area (Å²) >= 11 is 0. The van der Waals surface area contributed by atoms with Crippen LogP contribution in [0.1, 0.15) is 87.6 Å². The van der Waals surface area contributed by atoms with E-state index in [1.165, 1.54) is 12.0 Å². The third kappa shape index (κ3) is 6.20. The second-order valence-electron chi connectivity index (χ2n) is 11.5. The summed E-state index contributed by atoms with van der Waals surface area (Å²) < 4.78 is 0. The number of nitrogens with zero attached hydrogens (tertiary/aromatic N) is 3. The third-order valence-corrected chi connectivity index (χ3v) is 9.24. The van der Waals surface area contributed by atoms with Gasteiger partial charge in [-0.25, -0.2) is 0 Å². The summed E-state index contributed by atoms with van der Waals surface area (Å²) in [5.74, 6) is -0.120.